The van der Waals surface area contributed by atoms with Gasteiger partial charge in [0.15, 0.2) is 0 Å². The maximum atomic E-state index is 6.04. The summed E-state index contributed by atoms with van der Waals surface area (Å²) in [7, 11) is 1.91. The fraction of sp³-hybridized carbons (Fsp3) is 0.385. The average molecular weight is 344 g/mol. The molecule has 1 heterocycles. The molecule has 1 N–H and O–H groups in total. The Morgan fingerprint density at radius 1 is 1.47 bits per heavy atom. The second kappa shape index (κ2) is 6.50. The van der Waals surface area contributed by atoms with Gasteiger partial charge in [-0.25, -0.2) is 4.98 Å². The van der Waals surface area contributed by atoms with Crippen LogP contribution >= 0.6 is 27.5 Å². The van der Waals surface area contributed by atoms with Gasteiger partial charge in [-0.05, 0) is 40.2 Å². The van der Waals surface area contributed by atoms with Gasteiger partial charge in [0.1, 0.15) is 12.2 Å². The third kappa shape index (κ3) is 3.55. The van der Waals surface area contributed by atoms with Gasteiger partial charge in [-0.1, -0.05) is 24.6 Å². The van der Waals surface area contributed by atoms with Gasteiger partial charge < -0.3 is 5.32 Å². The summed E-state index contributed by atoms with van der Waals surface area (Å²) in [6.45, 7) is 2.98. The molecule has 0 bridgehead atoms. The topological polar surface area (TPSA) is 42.7 Å². The summed E-state index contributed by atoms with van der Waals surface area (Å²) in [5.41, 5.74) is 1.18. The molecule has 0 fully saturated rings. The summed E-state index contributed by atoms with van der Waals surface area (Å²) < 4.78 is 2.71. The van der Waals surface area contributed by atoms with Crippen molar-refractivity contribution in [3.05, 3.63) is 45.4 Å². The number of rotatable bonds is 5. The molecule has 0 radical (unpaired) electrons. The Hall–Kier alpha value is -0.910. The van der Waals surface area contributed by atoms with Gasteiger partial charge >= 0.3 is 0 Å². The molecule has 0 spiro atoms. The number of nitrogens with one attached hydrogen (secondary N) is 1. The third-order valence-electron chi connectivity index (χ3n) is 2.99. The minimum absolute atomic E-state index is 0.196. The molecule has 2 rings (SSSR count). The van der Waals surface area contributed by atoms with Crippen molar-refractivity contribution >= 4 is 27.5 Å². The first kappa shape index (κ1) is 14.5. The number of aromatic nitrogens is 3. The van der Waals surface area contributed by atoms with E-state index in [0.717, 1.165) is 28.3 Å². The van der Waals surface area contributed by atoms with Crippen molar-refractivity contribution in [2.45, 2.75) is 19.4 Å². The van der Waals surface area contributed by atoms with Gasteiger partial charge in [0.05, 0.1) is 5.02 Å². The van der Waals surface area contributed by atoms with Crippen molar-refractivity contribution in [1.29, 1.82) is 0 Å². The highest BCUT2D eigenvalue weighted by Crippen LogP contribution is 2.27. The Morgan fingerprint density at radius 3 is 2.84 bits per heavy atom. The molecule has 1 unspecified atom stereocenters. The van der Waals surface area contributed by atoms with Crippen molar-refractivity contribution in [3.63, 3.8) is 0 Å². The van der Waals surface area contributed by atoms with Gasteiger partial charge in [0.25, 0.3) is 0 Å². The minimum Gasteiger partial charge on any atom is -0.310 e. The lowest BCUT2D eigenvalue weighted by Gasteiger charge is -2.18. The molecule has 0 saturated heterocycles. The van der Waals surface area contributed by atoms with Crippen LogP contribution < -0.4 is 5.32 Å². The zero-order valence-electron chi connectivity index (χ0n) is 10.9. The first-order valence-corrected chi connectivity index (χ1v) is 7.30. The first-order valence-electron chi connectivity index (χ1n) is 6.13. The number of nitrogens with zero attached hydrogens (tertiary/aromatic N) is 3. The molecule has 0 saturated carbocycles. The molecule has 1 aromatic carbocycles. The van der Waals surface area contributed by atoms with Crippen molar-refractivity contribution < 1.29 is 0 Å². The quantitative estimate of drug-likeness (QED) is 0.907. The number of halogens is 2. The van der Waals surface area contributed by atoms with Crippen LogP contribution in [0, 0.1) is 0 Å². The van der Waals surface area contributed by atoms with E-state index in [1.165, 1.54) is 5.56 Å². The Kier molecular flexibility index (Phi) is 4.96. The Balaban J connectivity index is 2.24. The van der Waals surface area contributed by atoms with Crippen LogP contribution in [-0.2, 0) is 13.5 Å². The number of likely N-dealkylation sites (N-methyl/N-ethyl adjacent to an activating group) is 1. The Labute approximate surface area is 126 Å². The summed E-state index contributed by atoms with van der Waals surface area (Å²) in [5.74, 6) is 0.956. The molecule has 6 heteroatoms. The number of aryl methyl sites for hydroxylation is 1. The van der Waals surface area contributed by atoms with E-state index in [4.69, 9.17) is 11.6 Å². The van der Waals surface area contributed by atoms with Crippen LogP contribution in [0.15, 0.2) is 29.0 Å². The van der Waals surface area contributed by atoms with Crippen LogP contribution in [0.5, 0.6) is 0 Å². The van der Waals surface area contributed by atoms with E-state index >= 15 is 0 Å². The molecular weight excluding hydrogens is 328 g/mol. The molecule has 0 aliphatic carbocycles. The molecule has 19 heavy (non-hydrogen) atoms. The van der Waals surface area contributed by atoms with Crippen molar-refractivity contribution in [3.8, 4) is 0 Å². The smallest absolute Gasteiger partial charge is 0.138 e. The fourth-order valence-electron chi connectivity index (χ4n) is 1.97. The van der Waals surface area contributed by atoms with Crippen molar-refractivity contribution in [2.75, 3.05) is 6.54 Å². The highest BCUT2D eigenvalue weighted by Gasteiger charge is 2.15. The van der Waals surface area contributed by atoms with Crippen LogP contribution in [0.25, 0.3) is 0 Å². The molecule has 1 atom stereocenters. The lowest BCUT2D eigenvalue weighted by molar-refractivity contribution is 0.522. The van der Waals surface area contributed by atoms with Crippen LogP contribution in [0.3, 0.4) is 0 Å². The van der Waals surface area contributed by atoms with Crippen LogP contribution in [0.2, 0.25) is 5.02 Å². The summed E-state index contributed by atoms with van der Waals surface area (Å²) in [5, 5.41) is 8.29. The summed E-state index contributed by atoms with van der Waals surface area (Å²) in [6.07, 6.45) is 2.37. The predicted octanol–water partition coefficient (Wildman–Crippen LogP) is 3.12. The first-order chi connectivity index (χ1) is 9.11. The third-order valence-corrected chi connectivity index (χ3v) is 4.20. The molecule has 0 amide bonds. The Morgan fingerprint density at radius 2 is 2.26 bits per heavy atom. The average Bonchev–Trinajstić information content (AvgIpc) is 2.78. The molecule has 0 aliphatic heterocycles. The summed E-state index contributed by atoms with van der Waals surface area (Å²) >= 11 is 9.50. The van der Waals surface area contributed by atoms with Gasteiger partial charge in [-0.3, -0.25) is 4.68 Å². The zero-order valence-corrected chi connectivity index (χ0v) is 13.2. The number of hydrogen-bond acceptors (Lipinski definition) is 3. The van der Waals surface area contributed by atoms with E-state index in [0.29, 0.717) is 0 Å². The standard InChI is InChI=1S/C13H16BrClN4/c1-3-16-12(7-13-17-8-18-19(13)2)9-4-5-11(15)10(14)6-9/h4-6,8,12,16H,3,7H2,1-2H3. The second-order valence-corrected chi connectivity index (χ2v) is 5.55. The maximum Gasteiger partial charge on any atom is 0.138 e. The maximum absolute atomic E-state index is 6.04. The largest absolute Gasteiger partial charge is 0.310 e. The zero-order chi connectivity index (χ0) is 13.8. The van der Waals surface area contributed by atoms with Crippen molar-refractivity contribution in [2.24, 2.45) is 7.05 Å². The number of hydrogen-bond donors (Lipinski definition) is 1. The Bertz CT molecular complexity index is 555. The molecule has 0 aliphatic rings. The van der Waals surface area contributed by atoms with Crippen molar-refractivity contribution in [1.82, 2.24) is 20.1 Å². The van der Waals surface area contributed by atoms with Gasteiger partial charge in [-0.15, -0.1) is 0 Å². The SMILES string of the molecule is CCNC(Cc1ncnn1C)c1ccc(Cl)c(Br)c1. The van der Waals surface area contributed by atoms with Gasteiger partial charge in [0.2, 0.25) is 0 Å². The van der Waals surface area contributed by atoms with Gasteiger partial charge in [0, 0.05) is 24.0 Å². The second-order valence-electron chi connectivity index (χ2n) is 4.29. The molecule has 2 aromatic rings. The van der Waals surface area contributed by atoms with E-state index in [1.54, 1.807) is 11.0 Å². The lowest BCUT2D eigenvalue weighted by Crippen LogP contribution is -2.24. The van der Waals surface area contributed by atoms with E-state index in [-0.39, 0.29) is 6.04 Å². The molecule has 102 valence electrons. The normalized spacial score (nSPS) is 12.6. The summed E-state index contributed by atoms with van der Waals surface area (Å²) in [4.78, 5) is 4.28. The fourth-order valence-corrected chi connectivity index (χ4v) is 2.48. The predicted molar refractivity (Wildman–Crippen MR) is 80.3 cm³/mol. The van der Waals surface area contributed by atoms with Crippen LogP contribution in [-0.4, -0.2) is 21.3 Å². The highest BCUT2D eigenvalue weighted by atomic mass is 79.9. The minimum atomic E-state index is 0.196. The monoisotopic (exact) mass is 342 g/mol. The molecular formula is C13H16BrClN4. The van der Waals surface area contributed by atoms with E-state index in [1.807, 2.05) is 25.2 Å². The van der Waals surface area contributed by atoms with Gasteiger partial charge in [-0.2, -0.15) is 5.10 Å². The van der Waals surface area contributed by atoms with Crippen LogP contribution in [0.4, 0.5) is 0 Å². The molecule has 1 aromatic heterocycles. The van der Waals surface area contributed by atoms with Crippen LogP contribution in [0.1, 0.15) is 24.4 Å². The number of benzene rings is 1. The molecule has 4 nitrogen and oxygen atoms in total. The van der Waals surface area contributed by atoms with E-state index in [2.05, 4.69) is 38.3 Å². The highest BCUT2D eigenvalue weighted by molar-refractivity contribution is 9.10. The summed E-state index contributed by atoms with van der Waals surface area (Å²) in [6, 6.07) is 6.19. The lowest BCUT2D eigenvalue weighted by atomic mass is 10.0. The van der Waals surface area contributed by atoms with E-state index < -0.39 is 0 Å². The van der Waals surface area contributed by atoms with E-state index in [9.17, 15) is 0 Å².